The molecule has 0 aliphatic heterocycles. The molecular formula is C21H17F3N6OS. The fourth-order valence-corrected chi connectivity index (χ4v) is 3.27. The number of thioether (sulfide) groups is 1. The number of ether oxygens (including phenoxy) is 1. The summed E-state index contributed by atoms with van der Waals surface area (Å²) in [5.41, 5.74) is 6.01. The van der Waals surface area contributed by atoms with Crippen LogP contribution in [0.2, 0.25) is 0 Å². The van der Waals surface area contributed by atoms with Gasteiger partial charge in [-0.15, -0.1) is 22.0 Å². The molecule has 32 heavy (non-hydrogen) atoms. The Kier molecular flexibility index (Phi) is 5.91. The van der Waals surface area contributed by atoms with Gasteiger partial charge in [0.2, 0.25) is 5.95 Å². The standard InChI is InChI=1S/C21H17F3N6OS/c1-32-18-11-16(10-17(25)27-18)31-15-7-5-12(6-8-15)19-28-20(30-29-19)26-14-4-2-3-13(9-14)21(22,23)24/h2-11H,1H3,(H2,25,27)(H2,26,28,29,30). The van der Waals surface area contributed by atoms with E-state index in [1.54, 1.807) is 36.4 Å². The summed E-state index contributed by atoms with van der Waals surface area (Å²) in [7, 11) is 0. The number of nitrogens with two attached hydrogens (primary N) is 1. The summed E-state index contributed by atoms with van der Waals surface area (Å²) in [5, 5.41) is 11.5. The highest BCUT2D eigenvalue weighted by molar-refractivity contribution is 7.98. The second kappa shape index (κ2) is 8.79. The summed E-state index contributed by atoms with van der Waals surface area (Å²) in [6.07, 6.45) is -2.53. The zero-order valence-electron chi connectivity index (χ0n) is 16.6. The fraction of sp³-hybridized carbons (Fsp3) is 0.0952. The van der Waals surface area contributed by atoms with E-state index >= 15 is 0 Å². The molecular weight excluding hydrogens is 441 g/mol. The first-order valence-corrected chi connectivity index (χ1v) is 10.5. The molecule has 0 amide bonds. The van der Waals surface area contributed by atoms with Gasteiger partial charge >= 0.3 is 6.18 Å². The van der Waals surface area contributed by atoms with Gasteiger partial charge in [0.1, 0.15) is 22.3 Å². The second-order valence-electron chi connectivity index (χ2n) is 6.62. The van der Waals surface area contributed by atoms with Crippen LogP contribution < -0.4 is 15.8 Å². The lowest BCUT2D eigenvalue weighted by molar-refractivity contribution is -0.137. The molecule has 0 fully saturated rings. The highest BCUT2D eigenvalue weighted by Gasteiger charge is 2.30. The number of hydrogen-bond donors (Lipinski definition) is 3. The number of hydrogen-bond acceptors (Lipinski definition) is 7. The van der Waals surface area contributed by atoms with Gasteiger partial charge in [-0.3, -0.25) is 0 Å². The maximum absolute atomic E-state index is 12.9. The maximum Gasteiger partial charge on any atom is 0.416 e. The van der Waals surface area contributed by atoms with Crippen molar-refractivity contribution in [2.45, 2.75) is 11.2 Å². The highest BCUT2D eigenvalue weighted by Crippen LogP contribution is 2.31. The number of halogens is 3. The molecule has 7 nitrogen and oxygen atoms in total. The molecule has 2 aromatic heterocycles. The summed E-state index contributed by atoms with van der Waals surface area (Å²) in [4.78, 5) is 7.12. The van der Waals surface area contributed by atoms with Gasteiger partial charge in [0, 0.05) is 23.4 Å². The topological polar surface area (TPSA) is 102 Å². The Morgan fingerprint density at radius 3 is 2.50 bits per heavy atom. The zero-order valence-corrected chi connectivity index (χ0v) is 17.5. The van der Waals surface area contributed by atoms with E-state index in [1.165, 1.54) is 23.9 Å². The number of benzene rings is 2. The molecule has 0 saturated heterocycles. The first kappa shape index (κ1) is 21.5. The third-order valence-corrected chi connectivity index (χ3v) is 4.93. The molecule has 11 heteroatoms. The number of nitrogens with one attached hydrogen (secondary N) is 2. The molecule has 0 saturated carbocycles. The van der Waals surface area contributed by atoms with Crippen molar-refractivity contribution in [1.82, 2.24) is 20.2 Å². The van der Waals surface area contributed by atoms with Gasteiger partial charge in [0.15, 0.2) is 5.82 Å². The zero-order chi connectivity index (χ0) is 22.7. The van der Waals surface area contributed by atoms with Gasteiger partial charge in [0.25, 0.3) is 0 Å². The SMILES string of the molecule is CSc1cc(Oc2ccc(-c3nnc(Nc4cccc(C(F)(F)F)c4)[nH]3)cc2)cc(N)n1. The minimum absolute atomic E-state index is 0.219. The van der Waals surface area contributed by atoms with Crippen molar-refractivity contribution in [2.24, 2.45) is 0 Å². The van der Waals surface area contributed by atoms with Crippen LogP contribution in [-0.2, 0) is 6.18 Å². The minimum atomic E-state index is -4.42. The first-order chi connectivity index (χ1) is 15.3. The van der Waals surface area contributed by atoms with Gasteiger partial charge in [-0.05, 0) is 48.7 Å². The normalized spacial score (nSPS) is 11.4. The fourth-order valence-electron chi connectivity index (χ4n) is 2.84. The lowest BCUT2D eigenvalue weighted by atomic mass is 10.2. The molecule has 0 aliphatic carbocycles. The van der Waals surface area contributed by atoms with Crippen molar-refractivity contribution in [3.8, 4) is 22.9 Å². The summed E-state index contributed by atoms with van der Waals surface area (Å²) in [6.45, 7) is 0. The lowest BCUT2D eigenvalue weighted by Crippen LogP contribution is -2.05. The molecule has 0 unspecified atom stereocenters. The third-order valence-electron chi connectivity index (χ3n) is 4.31. The summed E-state index contributed by atoms with van der Waals surface area (Å²) < 4.78 is 44.5. The van der Waals surface area contributed by atoms with Gasteiger partial charge in [0.05, 0.1) is 5.56 Å². The van der Waals surface area contributed by atoms with Crippen LogP contribution >= 0.6 is 11.8 Å². The molecule has 4 rings (SSSR count). The van der Waals surface area contributed by atoms with E-state index in [1.807, 2.05) is 6.26 Å². The smallest absolute Gasteiger partial charge is 0.416 e. The van der Waals surface area contributed by atoms with Crippen LogP contribution in [0.5, 0.6) is 11.5 Å². The average molecular weight is 458 g/mol. The van der Waals surface area contributed by atoms with Crippen LogP contribution in [0.15, 0.2) is 65.7 Å². The van der Waals surface area contributed by atoms with Crippen molar-refractivity contribution in [1.29, 1.82) is 0 Å². The molecule has 0 aliphatic rings. The van der Waals surface area contributed by atoms with Crippen molar-refractivity contribution >= 4 is 29.2 Å². The third kappa shape index (κ3) is 5.11. The van der Waals surface area contributed by atoms with E-state index in [2.05, 4.69) is 25.5 Å². The van der Waals surface area contributed by atoms with Crippen LogP contribution in [0.3, 0.4) is 0 Å². The van der Waals surface area contributed by atoms with Crippen LogP contribution in [0.1, 0.15) is 5.56 Å². The van der Waals surface area contributed by atoms with Crippen LogP contribution in [-0.4, -0.2) is 26.4 Å². The van der Waals surface area contributed by atoms with Crippen molar-refractivity contribution in [2.75, 3.05) is 17.3 Å². The largest absolute Gasteiger partial charge is 0.457 e. The van der Waals surface area contributed by atoms with Gasteiger partial charge in [-0.25, -0.2) is 4.98 Å². The molecule has 0 spiro atoms. The van der Waals surface area contributed by atoms with Crippen molar-refractivity contribution in [3.63, 3.8) is 0 Å². The van der Waals surface area contributed by atoms with Gasteiger partial charge < -0.3 is 20.8 Å². The van der Waals surface area contributed by atoms with Crippen molar-refractivity contribution in [3.05, 3.63) is 66.2 Å². The summed E-state index contributed by atoms with van der Waals surface area (Å²) >= 11 is 1.46. The number of aromatic amines is 1. The Bertz CT molecular complexity index is 1230. The van der Waals surface area contributed by atoms with Gasteiger partial charge in [-0.1, -0.05) is 6.07 Å². The number of alkyl halides is 3. The molecule has 4 aromatic rings. The lowest BCUT2D eigenvalue weighted by Gasteiger charge is -2.09. The Balaban J connectivity index is 1.46. The Labute approximate surface area is 185 Å². The summed E-state index contributed by atoms with van der Waals surface area (Å²) in [5.74, 6) is 2.20. The Morgan fingerprint density at radius 1 is 1.00 bits per heavy atom. The number of nitrogen functional groups attached to an aromatic ring is 1. The Hall–Kier alpha value is -3.73. The van der Waals surface area contributed by atoms with Gasteiger partial charge in [-0.2, -0.15) is 13.2 Å². The maximum atomic E-state index is 12.9. The van der Waals surface area contributed by atoms with Crippen LogP contribution in [0, 0.1) is 0 Å². The Morgan fingerprint density at radius 2 is 1.78 bits per heavy atom. The van der Waals surface area contributed by atoms with E-state index in [0.29, 0.717) is 23.1 Å². The first-order valence-electron chi connectivity index (χ1n) is 9.27. The molecule has 164 valence electrons. The van der Waals surface area contributed by atoms with E-state index < -0.39 is 11.7 Å². The van der Waals surface area contributed by atoms with Crippen LogP contribution in [0.25, 0.3) is 11.4 Å². The molecule has 0 atom stereocenters. The van der Waals surface area contributed by atoms with Crippen molar-refractivity contribution < 1.29 is 17.9 Å². The number of H-pyrrole nitrogens is 1. The number of pyridine rings is 1. The predicted octanol–water partition coefficient (Wildman–Crippen LogP) is 5.73. The van der Waals surface area contributed by atoms with E-state index in [0.717, 1.165) is 22.7 Å². The van der Waals surface area contributed by atoms with E-state index in [9.17, 15) is 13.2 Å². The number of nitrogens with zero attached hydrogens (tertiary/aromatic N) is 3. The number of aromatic nitrogens is 4. The number of rotatable bonds is 6. The average Bonchev–Trinajstić information content (AvgIpc) is 3.22. The highest BCUT2D eigenvalue weighted by atomic mass is 32.2. The van der Waals surface area contributed by atoms with E-state index in [-0.39, 0.29) is 11.6 Å². The molecule has 2 aromatic carbocycles. The number of anilines is 3. The molecule has 0 bridgehead atoms. The second-order valence-corrected chi connectivity index (χ2v) is 7.45. The minimum Gasteiger partial charge on any atom is -0.457 e. The molecule has 4 N–H and O–H groups in total. The monoisotopic (exact) mass is 458 g/mol. The predicted molar refractivity (Wildman–Crippen MR) is 117 cm³/mol. The van der Waals surface area contributed by atoms with Crippen LogP contribution in [0.4, 0.5) is 30.6 Å². The van der Waals surface area contributed by atoms with E-state index in [4.69, 9.17) is 10.5 Å². The quantitative estimate of drug-likeness (QED) is 0.317. The molecule has 2 heterocycles. The molecule has 0 radical (unpaired) electrons. The summed E-state index contributed by atoms with van der Waals surface area (Å²) in [6, 6.07) is 15.3.